The summed E-state index contributed by atoms with van der Waals surface area (Å²) in [5.41, 5.74) is 8.05. The lowest BCUT2D eigenvalue weighted by atomic mass is 10.0. The zero-order valence-electron chi connectivity index (χ0n) is 7.85. The van der Waals surface area contributed by atoms with Crippen molar-refractivity contribution in [1.29, 1.82) is 0 Å². The van der Waals surface area contributed by atoms with Gasteiger partial charge >= 0.3 is 0 Å². The number of aliphatic hydroxyl groups excluding tert-OH is 1. The Morgan fingerprint density at radius 2 is 2.13 bits per heavy atom. The number of thiophene rings is 1. The molecule has 0 fully saturated rings. The highest BCUT2D eigenvalue weighted by Crippen LogP contribution is 2.30. The Kier molecular flexibility index (Phi) is 3.09. The molecule has 1 aromatic heterocycles. The van der Waals surface area contributed by atoms with Gasteiger partial charge in [-0.2, -0.15) is 11.3 Å². The molecule has 0 bridgehead atoms. The smallest absolute Gasteiger partial charge is 0.107 e. The summed E-state index contributed by atoms with van der Waals surface area (Å²) in [6.07, 6.45) is -0.645. The van der Waals surface area contributed by atoms with Crippen molar-refractivity contribution in [3.63, 3.8) is 0 Å². The molecule has 4 heteroatoms. The molecule has 2 aromatic rings. The molecule has 2 nitrogen and oxygen atoms in total. The Hall–Kier alpha value is -0.840. The first kappa shape index (κ1) is 10.7. The zero-order valence-corrected chi connectivity index (χ0v) is 10.3. The van der Waals surface area contributed by atoms with Crippen LogP contribution < -0.4 is 5.73 Å². The number of benzene rings is 1. The fourth-order valence-corrected chi connectivity index (χ4v) is 2.45. The van der Waals surface area contributed by atoms with E-state index in [0.29, 0.717) is 5.69 Å². The first-order chi connectivity index (χ1) is 7.18. The van der Waals surface area contributed by atoms with Gasteiger partial charge < -0.3 is 10.8 Å². The maximum Gasteiger partial charge on any atom is 0.107 e. The number of halogens is 1. The Morgan fingerprint density at radius 3 is 2.80 bits per heavy atom. The lowest BCUT2D eigenvalue weighted by molar-refractivity contribution is 0.221. The summed E-state index contributed by atoms with van der Waals surface area (Å²) in [4.78, 5) is 0. The number of aliphatic hydroxyl groups is 1. The van der Waals surface area contributed by atoms with Crippen molar-refractivity contribution in [2.75, 3.05) is 5.73 Å². The highest BCUT2D eigenvalue weighted by Gasteiger charge is 2.13. The summed E-state index contributed by atoms with van der Waals surface area (Å²) in [5, 5.41) is 14.0. The van der Waals surface area contributed by atoms with Crippen LogP contribution in [0.15, 0.2) is 39.5 Å². The van der Waals surface area contributed by atoms with Gasteiger partial charge in [0.2, 0.25) is 0 Å². The Bertz CT molecular complexity index is 456. The van der Waals surface area contributed by atoms with Crippen LogP contribution in [0, 0.1) is 0 Å². The van der Waals surface area contributed by atoms with E-state index in [1.54, 1.807) is 17.4 Å². The van der Waals surface area contributed by atoms with Gasteiger partial charge in [0.15, 0.2) is 0 Å². The van der Waals surface area contributed by atoms with Crippen molar-refractivity contribution in [1.82, 2.24) is 0 Å². The van der Waals surface area contributed by atoms with Crippen molar-refractivity contribution in [2.45, 2.75) is 6.10 Å². The monoisotopic (exact) mass is 283 g/mol. The topological polar surface area (TPSA) is 46.2 Å². The van der Waals surface area contributed by atoms with Crippen LogP contribution in [0.4, 0.5) is 5.69 Å². The molecule has 15 heavy (non-hydrogen) atoms. The van der Waals surface area contributed by atoms with Crippen molar-refractivity contribution in [2.24, 2.45) is 0 Å². The molecular formula is C11H10BrNOS. The molecule has 0 amide bonds. The van der Waals surface area contributed by atoms with Crippen LogP contribution in [-0.4, -0.2) is 5.11 Å². The molecule has 0 aliphatic heterocycles. The normalized spacial score (nSPS) is 12.7. The van der Waals surface area contributed by atoms with E-state index in [1.165, 1.54) is 0 Å². The molecule has 3 N–H and O–H groups in total. The lowest BCUT2D eigenvalue weighted by Gasteiger charge is -2.12. The molecule has 0 spiro atoms. The Balaban J connectivity index is 2.41. The van der Waals surface area contributed by atoms with Crippen LogP contribution in [0.25, 0.3) is 0 Å². The predicted molar refractivity (Wildman–Crippen MR) is 66.9 cm³/mol. The van der Waals surface area contributed by atoms with E-state index in [1.807, 2.05) is 29.0 Å². The second-order valence-corrected chi connectivity index (χ2v) is 4.93. The minimum Gasteiger partial charge on any atom is -0.398 e. The second-order valence-electron chi connectivity index (χ2n) is 3.23. The molecule has 0 saturated heterocycles. The fourth-order valence-electron chi connectivity index (χ4n) is 1.39. The molecule has 0 saturated carbocycles. The van der Waals surface area contributed by atoms with Crippen LogP contribution >= 0.6 is 27.3 Å². The van der Waals surface area contributed by atoms with Crippen molar-refractivity contribution in [3.8, 4) is 0 Å². The summed E-state index contributed by atoms with van der Waals surface area (Å²) in [6, 6.07) is 7.39. The Labute approximate surface area is 100 Å². The third-order valence-electron chi connectivity index (χ3n) is 2.20. The molecular weight excluding hydrogens is 274 g/mol. The summed E-state index contributed by atoms with van der Waals surface area (Å²) in [5.74, 6) is 0. The number of nitrogens with two attached hydrogens (primary N) is 1. The molecule has 1 aromatic carbocycles. The molecule has 0 aliphatic carbocycles. The molecule has 0 radical (unpaired) electrons. The molecule has 1 atom stereocenters. The van der Waals surface area contributed by atoms with E-state index in [9.17, 15) is 5.11 Å². The largest absolute Gasteiger partial charge is 0.398 e. The molecule has 2 rings (SSSR count). The van der Waals surface area contributed by atoms with Crippen molar-refractivity contribution >= 4 is 33.0 Å². The van der Waals surface area contributed by atoms with Crippen LogP contribution in [0.1, 0.15) is 17.2 Å². The van der Waals surface area contributed by atoms with Gasteiger partial charge in [-0.1, -0.05) is 15.9 Å². The van der Waals surface area contributed by atoms with Crippen LogP contribution in [0.5, 0.6) is 0 Å². The highest BCUT2D eigenvalue weighted by atomic mass is 79.9. The van der Waals surface area contributed by atoms with Gasteiger partial charge in [-0.15, -0.1) is 0 Å². The number of hydrogen-bond donors (Lipinski definition) is 2. The minimum absolute atomic E-state index is 0.608. The van der Waals surface area contributed by atoms with Crippen molar-refractivity contribution < 1.29 is 5.11 Å². The van der Waals surface area contributed by atoms with Gasteiger partial charge in [0.05, 0.1) is 0 Å². The predicted octanol–water partition coefficient (Wildman–Crippen LogP) is 3.17. The maximum absolute atomic E-state index is 10.1. The van der Waals surface area contributed by atoms with E-state index < -0.39 is 6.10 Å². The summed E-state index contributed by atoms with van der Waals surface area (Å²) in [6.45, 7) is 0. The van der Waals surface area contributed by atoms with E-state index in [2.05, 4.69) is 15.9 Å². The zero-order chi connectivity index (χ0) is 10.8. The number of hydrogen-bond acceptors (Lipinski definition) is 3. The van der Waals surface area contributed by atoms with Crippen molar-refractivity contribution in [3.05, 3.63) is 50.6 Å². The summed E-state index contributed by atoms with van der Waals surface area (Å²) < 4.78 is 0.918. The minimum atomic E-state index is -0.645. The quantitative estimate of drug-likeness (QED) is 0.832. The highest BCUT2D eigenvalue weighted by molar-refractivity contribution is 9.10. The Morgan fingerprint density at radius 1 is 1.33 bits per heavy atom. The number of nitrogen functional groups attached to an aromatic ring is 1. The molecule has 1 heterocycles. The summed E-state index contributed by atoms with van der Waals surface area (Å²) in [7, 11) is 0. The van der Waals surface area contributed by atoms with Gasteiger partial charge in [-0.3, -0.25) is 0 Å². The van der Waals surface area contributed by atoms with Gasteiger partial charge in [0.25, 0.3) is 0 Å². The standard InChI is InChI=1S/C11H10BrNOS/c12-8-1-2-10(13)9(5-8)11(14)7-3-4-15-6-7/h1-6,11,14H,13H2. The van der Waals surface area contributed by atoms with Crippen LogP contribution in [0.3, 0.4) is 0 Å². The third kappa shape index (κ3) is 2.22. The van der Waals surface area contributed by atoms with E-state index in [4.69, 9.17) is 5.73 Å². The average Bonchev–Trinajstić information content (AvgIpc) is 2.74. The van der Waals surface area contributed by atoms with Gasteiger partial charge in [-0.25, -0.2) is 0 Å². The lowest BCUT2D eigenvalue weighted by Crippen LogP contribution is -2.02. The maximum atomic E-state index is 10.1. The first-order valence-electron chi connectivity index (χ1n) is 4.43. The molecule has 0 aliphatic rings. The molecule has 1 unspecified atom stereocenters. The fraction of sp³-hybridized carbons (Fsp3) is 0.0909. The van der Waals surface area contributed by atoms with Gasteiger partial charge in [0, 0.05) is 15.7 Å². The second kappa shape index (κ2) is 4.35. The average molecular weight is 284 g/mol. The number of rotatable bonds is 2. The van der Waals surface area contributed by atoms with Gasteiger partial charge in [-0.05, 0) is 40.6 Å². The van der Waals surface area contributed by atoms with E-state index >= 15 is 0 Å². The number of anilines is 1. The first-order valence-corrected chi connectivity index (χ1v) is 6.17. The SMILES string of the molecule is Nc1ccc(Br)cc1C(O)c1ccsc1. The molecule has 78 valence electrons. The van der Waals surface area contributed by atoms with E-state index in [-0.39, 0.29) is 0 Å². The van der Waals surface area contributed by atoms with Crippen LogP contribution in [-0.2, 0) is 0 Å². The third-order valence-corrected chi connectivity index (χ3v) is 3.40. The van der Waals surface area contributed by atoms with Crippen LogP contribution in [0.2, 0.25) is 0 Å². The van der Waals surface area contributed by atoms with Gasteiger partial charge in [0.1, 0.15) is 6.10 Å². The summed E-state index contributed by atoms with van der Waals surface area (Å²) >= 11 is 4.92. The van der Waals surface area contributed by atoms with E-state index in [0.717, 1.165) is 15.6 Å².